The van der Waals surface area contributed by atoms with E-state index in [0.717, 1.165) is 11.3 Å². The summed E-state index contributed by atoms with van der Waals surface area (Å²) in [6.45, 7) is 1.66. The average molecular weight is 453 g/mol. The second-order valence-corrected chi connectivity index (χ2v) is 8.52. The number of hydrogen-bond donors (Lipinski definition) is 1. The molecule has 2 N–H and O–H groups in total. The highest BCUT2D eigenvalue weighted by molar-refractivity contribution is 6.08. The number of nitrogens with two attached hydrogens (primary N) is 1. The van der Waals surface area contributed by atoms with Crippen LogP contribution in [0.5, 0.6) is 11.5 Å². The second-order valence-electron chi connectivity index (χ2n) is 8.52. The van der Waals surface area contributed by atoms with Gasteiger partial charge in [0.15, 0.2) is 0 Å². The molecule has 7 nitrogen and oxygen atoms in total. The van der Waals surface area contributed by atoms with Gasteiger partial charge in [0.1, 0.15) is 29.5 Å². The van der Waals surface area contributed by atoms with E-state index in [0.29, 0.717) is 36.4 Å². The number of carbonyl (C=O) groups excluding carboxylic acids is 2. The molecular formula is C27H24N4O3. The highest BCUT2D eigenvalue weighted by Crippen LogP contribution is 2.46. The van der Waals surface area contributed by atoms with Crippen LogP contribution in [0.15, 0.2) is 60.9 Å². The molecule has 34 heavy (non-hydrogen) atoms. The van der Waals surface area contributed by atoms with Crippen LogP contribution in [0.3, 0.4) is 0 Å². The third kappa shape index (κ3) is 3.88. The fraction of sp³-hybridized carbons (Fsp3) is 0.259. The van der Waals surface area contributed by atoms with Gasteiger partial charge in [0.25, 0.3) is 0 Å². The van der Waals surface area contributed by atoms with Crippen LogP contribution in [0.25, 0.3) is 0 Å². The van der Waals surface area contributed by atoms with E-state index in [9.17, 15) is 9.59 Å². The van der Waals surface area contributed by atoms with E-state index >= 15 is 0 Å². The van der Waals surface area contributed by atoms with Crippen molar-refractivity contribution in [1.82, 2.24) is 9.97 Å². The molecule has 3 atom stereocenters. The van der Waals surface area contributed by atoms with Crippen LogP contribution in [-0.4, -0.2) is 27.7 Å². The SMILES string of the molecule is CC#CC(=O)C1CC[C@@H](N2C(=O)C(c3ccc(Oc4ccccc4)cc3)c3c(N)ncnc32)C1. The van der Waals surface area contributed by atoms with Gasteiger partial charge < -0.3 is 10.5 Å². The lowest BCUT2D eigenvalue weighted by atomic mass is 9.93. The molecule has 0 spiro atoms. The summed E-state index contributed by atoms with van der Waals surface area (Å²) in [5, 5.41) is 0. The Hall–Kier alpha value is -4.18. The smallest absolute Gasteiger partial charge is 0.240 e. The first kappa shape index (κ1) is 21.7. The van der Waals surface area contributed by atoms with Gasteiger partial charge in [0.05, 0.1) is 11.5 Å². The molecule has 1 fully saturated rings. The van der Waals surface area contributed by atoms with Crippen LogP contribution >= 0.6 is 0 Å². The lowest BCUT2D eigenvalue weighted by Gasteiger charge is -2.24. The standard InChI is InChI=1S/C27H24N4O3/c1-2-6-22(32)18-9-12-19(15-18)31-26-24(25(28)29-16-30-26)23(27(31)33)17-10-13-21(14-11-17)34-20-7-4-3-5-8-20/h3-5,7-8,10-11,13-14,16,18-19,23H,9,12,15H2,1H3,(H2,28,29,30)/t18?,19-,23?/m1/s1. The molecule has 1 saturated carbocycles. The minimum absolute atomic E-state index is 0.0652. The zero-order valence-corrected chi connectivity index (χ0v) is 18.8. The number of ether oxygens (including phenoxy) is 1. The van der Waals surface area contributed by atoms with Crippen molar-refractivity contribution in [1.29, 1.82) is 0 Å². The Morgan fingerprint density at radius 3 is 2.53 bits per heavy atom. The summed E-state index contributed by atoms with van der Waals surface area (Å²) < 4.78 is 5.88. The highest BCUT2D eigenvalue weighted by atomic mass is 16.5. The van der Waals surface area contributed by atoms with Crippen molar-refractivity contribution in [2.45, 2.75) is 38.1 Å². The number of carbonyl (C=O) groups is 2. The molecule has 1 aromatic heterocycles. The number of amides is 1. The van der Waals surface area contributed by atoms with Crippen LogP contribution < -0.4 is 15.4 Å². The zero-order chi connectivity index (χ0) is 23.7. The van der Waals surface area contributed by atoms with Gasteiger partial charge in [-0.05, 0) is 61.9 Å². The second kappa shape index (κ2) is 8.99. The molecule has 0 saturated heterocycles. The molecular weight excluding hydrogens is 428 g/mol. The van der Waals surface area contributed by atoms with Crippen LogP contribution in [0.2, 0.25) is 0 Å². The Kier molecular flexibility index (Phi) is 5.72. The van der Waals surface area contributed by atoms with Crippen molar-refractivity contribution in [3.8, 4) is 23.3 Å². The molecule has 1 amide bonds. The van der Waals surface area contributed by atoms with Gasteiger partial charge in [-0.1, -0.05) is 36.3 Å². The quantitative estimate of drug-likeness (QED) is 0.462. The minimum atomic E-state index is -0.604. The number of rotatable bonds is 5. The van der Waals surface area contributed by atoms with Crippen molar-refractivity contribution in [3.05, 3.63) is 72.1 Å². The molecule has 1 aliphatic carbocycles. The van der Waals surface area contributed by atoms with Crippen molar-refractivity contribution in [2.24, 2.45) is 5.92 Å². The van der Waals surface area contributed by atoms with E-state index in [1.807, 2.05) is 54.6 Å². The van der Waals surface area contributed by atoms with Crippen molar-refractivity contribution < 1.29 is 14.3 Å². The fourth-order valence-electron chi connectivity index (χ4n) is 4.91. The van der Waals surface area contributed by atoms with Gasteiger partial charge in [0.2, 0.25) is 11.7 Å². The lowest BCUT2D eigenvalue weighted by molar-refractivity contribution is -0.119. The van der Waals surface area contributed by atoms with E-state index in [4.69, 9.17) is 10.5 Å². The lowest BCUT2D eigenvalue weighted by Crippen LogP contribution is -2.38. The summed E-state index contributed by atoms with van der Waals surface area (Å²) in [4.78, 5) is 36.3. The number of nitrogen functional groups attached to an aromatic ring is 1. The van der Waals surface area contributed by atoms with E-state index < -0.39 is 5.92 Å². The Balaban J connectivity index is 1.43. The van der Waals surface area contributed by atoms with Crippen LogP contribution in [-0.2, 0) is 9.59 Å². The summed E-state index contributed by atoms with van der Waals surface area (Å²) in [5.74, 6) is 6.62. The molecule has 0 radical (unpaired) electrons. The first-order chi connectivity index (χ1) is 16.6. The third-order valence-corrected chi connectivity index (χ3v) is 6.48. The maximum Gasteiger partial charge on any atom is 0.240 e. The summed E-state index contributed by atoms with van der Waals surface area (Å²) >= 11 is 0. The molecule has 2 unspecified atom stereocenters. The highest BCUT2D eigenvalue weighted by Gasteiger charge is 2.46. The van der Waals surface area contributed by atoms with E-state index in [1.54, 1.807) is 11.8 Å². The first-order valence-corrected chi connectivity index (χ1v) is 11.3. The topological polar surface area (TPSA) is 98.4 Å². The fourth-order valence-corrected chi connectivity index (χ4v) is 4.91. The summed E-state index contributed by atoms with van der Waals surface area (Å²) in [6.07, 6.45) is 3.37. The molecule has 5 rings (SSSR count). The third-order valence-electron chi connectivity index (χ3n) is 6.48. The number of benzene rings is 2. The van der Waals surface area contributed by atoms with Gasteiger partial charge in [-0.15, -0.1) is 0 Å². The number of aromatic nitrogens is 2. The number of fused-ring (bicyclic) bond motifs is 1. The Labute approximate surface area is 198 Å². The molecule has 2 heterocycles. The number of nitrogens with zero attached hydrogens (tertiary/aromatic N) is 3. The molecule has 7 heteroatoms. The summed E-state index contributed by atoms with van der Waals surface area (Å²) in [7, 11) is 0. The average Bonchev–Trinajstić information content (AvgIpc) is 3.43. The van der Waals surface area contributed by atoms with Crippen molar-refractivity contribution in [2.75, 3.05) is 10.6 Å². The number of para-hydroxylation sites is 1. The summed E-state index contributed by atoms with van der Waals surface area (Å²) in [6, 6.07) is 16.8. The monoisotopic (exact) mass is 452 g/mol. The molecule has 3 aromatic rings. The number of anilines is 2. The number of ketones is 1. The first-order valence-electron chi connectivity index (χ1n) is 11.3. The van der Waals surface area contributed by atoms with E-state index in [1.165, 1.54) is 6.33 Å². The van der Waals surface area contributed by atoms with Crippen LogP contribution in [0, 0.1) is 17.8 Å². The van der Waals surface area contributed by atoms with Crippen molar-refractivity contribution in [3.63, 3.8) is 0 Å². The summed E-state index contributed by atoms with van der Waals surface area (Å²) in [5.41, 5.74) is 7.65. The maximum absolute atomic E-state index is 13.7. The van der Waals surface area contributed by atoms with Gasteiger partial charge in [-0.25, -0.2) is 9.97 Å². The van der Waals surface area contributed by atoms with Crippen molar-refractivity contribution >= 4 is 23.3 Å². The Morgan fingerprint density at radius 1 is 1.06 bits per heavy atom. The molecule has 1 aliphatic heterocycles. The number of hydrogen-bond acceptors (Lipinski definition) is 6. The molecule has 2 aliphatic rings. The van der Waals surface area contributed by atoms with E-state index in [-0.39, 0.29) is 29.5 Å². The minimum Gasteiger partial charge on any atom is -0.457 e. The molecule has 170 valence electrons. The van der Waals surface area contributed by atoms with Crippen LogP contribution in [0.1, 0.15) is 43.2 Å². The Bertz CT molecular complexity index is 1290. The van der Waals surface area contributed by atoms with Crippen LogP contribution in [0.4, 0.5) is 11.6 Å². The molecule has 2 aromatic carbocycles. The van der Waals surface area contributed by atoms with Gasteiger partial charge in [-0.3, -0.25) is 14.5 Å². The van der Waals surface area contributed by atoms with E-state index in [2.05, 4.69) is 21.8 Å². The normalized spacial score (nSPS) is 21.0. The van der Waals surface area contributed by atoms with Gasteiger partial charge in [0, 0.05) is 12.0 Å². The largest absolute Gasteiger partial charge is 0.457 e. The van der Waals surface area contributed by atoms with Gasteiger partial charge in [-0.2, -0.15) is 0 Å². The number of Topliss-reactive ketones (excluding diaryl/α,β-unsaturated/α-hetero) is 1. The predicted molar refractivity (Wildman–Crippen MR) is 128 cm³/mol. The Morgan fingerprint density at radius 2 is 1.79 bits per heavy atom. The van der Waals surface area contributed by atoms with Gasteiger partial charge >= 0.3 is 0 Å². The zero-order valence-electron chi connectivity index (χ0n) is 18.8. The molecule has 0 bridgehead atoms. The predicted octanol–water partition coefficient (Wildman–Crippen LogP) is 4.09. The maximum atomic E-state index is 13.7.